The first-order valence-corrected chi connectivity index (χ1v) is 13.3. The lowest BCUT2D eigenvalue weighted by Crippen LogP contribution is -2.48. The molecule has 0 aromatic heterocycles. The Morgan fingerprint density at radius 3 is 2.24 bits per heavy atom. The molecule has 1 amide bonds. The summed E-state index contributed by atoms with van der Waals surface area (Å²) >= 11 is 0. The number of rotatable bonds is 8. The molecule has 3 aromatic rings. The van der Waals surface area contributed by atoms with Crippen molar-refractivity contribution in [3.8, 4) is 11.5 Å². The third-order valence-electron chi connectivity index (χ3n) is 6.14. The molecule has 0 radical (unpaired) electrons. The van der Waals surface area contributed by atoms with Crippen molar-refractivity contribution in [3.05, 3.63) is 89.5 Å². The number of nitrogens with one attached hydrogen (secondary N) is 1. The van der Waals surface area contributed by atoms with Crippen LogP contribution in [0.4, 0.5) is 5.69 Å². The molecule has 1 aliphatic rings. The third-order valence-corrected chi connectivity index (χ3v) is 7.38. The van der Waals surface area contributed by atoms with Crippen LogP contribution in [0.3, 0.4) is 0 Å². The molecule has 1 N–H and O–H groups in total. The van der Waals surface area contributed by atoms with Gasteiger partial charge in [-0.2, -0.15) is 0 Å². The van der Waals surface area contributed by atoms with Gasteiger partial charge in [-0.15, -0.1) is 0 Å². The first kappa shape index (κ1) is 23.8. The first-order valence-electron chi connectivity index (χ1n) is 11.5. The first-order chi connectivity index (χ1) is 16.2. The fourth-order valence-electron chi connectivity index (χ4n) is 4.37. The van der Waals surface area contributed by atoms with E-state index in [9.17, 15) is 13.2 Å². The van der Waals surface area contributed by atoms with Crippen LogP contribution in [0.2, 0.25) is 0 Å². The largest absolute Gasteiger partial charge is 0.457 e. The van der Waals surface area contributed by atoms with Gasteiger partial charge in [-0.25, -0.2) is 8.42 Å². The van der Waals surface area contributed by atoms with Crippen molar-refractivity contribution < 1.29 is 17.9 Å². The van der Waals surface area contributed by atoms with E-state index in [1.54, 1.807) is 31.2 Å². The average Bonchev–Trinajstić information content (AvgIpc) is 3.28. The number of sulfonamides is 1. The topological polar surface area (TPSA) is 75.7 Å². The molecule has 0 saturated carbocycles. The van der Waals surface area contributed by atoms with Crippen LogP contribution in [0.15, 0.2) is 72.8 Å². The standard InChI is InChI=1S/C27H30N2O4S/c1-19(22-13-12-21-8-7-9-23(21)18-22)28-27(30)20(2)29(34(3,31)32)24-14-16-26(17-15-24)33-25-10-5-4-6-11-25/h4-6,10-20H,7-9H2,1-3H3,(H,28,30)/t19-,20+/m0/s1. The maximum absolute atomic E-state index is 13.1. The minimum Gasteiger partial charge on any atom is -0.457 e. The highest BCUT2D eigenvalue weighted by Crippen LogP contribution is 2.28. The Kier molecular flexibility index (Phi) is 6.93. The second-order valence-corrected chi connectivity index (χ2v) is 10.6. The van der Waals surface area contributed by atoms with Gasteiger partial charge in [0.05, 0.1) is 18.0 Å². The Bertz CT molecular complexity index is 1260. The number of carbonyl (C=O) groups is 1. The van der Waals surface area contributed by atoms with Crippen LogP contribution in [0.5, 0.6) is 11.5 Å². The van der Waals surface area contributed by atoms with Gasteiger partial charge < -0.3 is 10.1 Å². The molecule has 1 aliphatic carbocycles. The summed E-state index contributed by atoms with van der Waals surface area (Å²) < 4.78 is 32.2. The number of benzene rings is 3. The summed E-state index contributed by atoms with van der Waals surface area (Å²) in [5, 5.41) is 2.98. The maximum atomic E-state index is 13.1. The summed E-state index contributed by atoms with van der Waals surface area (Å²) in [4.78, 5) is 13.1. The van der Waals surface area contributed by atoms with Crippen LogP contribution in [0.25, 0.3) is 0 Å². The van der Waals surface area contributed by atoms with Crippen LogP contribution in [0, 0.1) is 0 Å². The summed E-state index contributed by atoms with van der Waals surface area (Å²) in [6.45, 7) is 3.52. The molecule has 7 heteroatoms. The SMILES string of the molecule is C[C@H](NC(=O)[C@@H](C)N(c1ccc(Oc2ccccc2)cc1)S(C)(=O)=O)c1ccc2c(c1)CCC2. The van der Waals surface area contributed by atoms with E-state index in [1.807, 2.05) is 43.3 Å². The average molecular weight is 479 g/mol. The Labute approximate surface area is 201 Å². The second kappa shape index (κ2) is 9.89. The monoisotopic (exact) mass is 478 g/mol. The zero-order chi connectivity index (χ0) is 24.3. The molecule has 6 nitrogen and oxygen atoms in total. The van der Waals surface area contributed by atoms with Gasteiger partial charge >= 0.3 is 0 Å². The Balaban J connectivity index is 1.49. The third kappa shape index (κ3) is 5.42. The summed E-state index contributed by atoms with van der Waals surface area (Å²) in [6.07, 6.45) is 4.43. The minimum atomic E-state index is -3.71. The number of hydrogen-bond donors (Lipinski definition) is 1. The Hall–Kier alpha value is -3.32. The van der Waals surface area contributed by atoms with Gasteiger partial charge in [0.15, 0.2) is 0 Å². The maximum Gasteiger partial charge on any atom is 0.244 e. The predicted molar refractivity (Wildman–Crippen MR) is 135 cm³/mol. The van der Waals surface area contributed by atoms with Gasteiger partial charge in [0.2, 0.25) is 15.9 Å². The molecular weight excluding hydrogens is 448 g/mol. The molecule has 0 spiro atoms. The number of ether oxygens (including phenoxy) is 1. The molecule has 0 saturated heterocycles. The van der Waals surface area contributed by atoms with Gasteiger partial charge in [-0.3, -0.25) is 9.10 Å². The lowest BCUT2D eigenvalue weighted by molar-refractivity contribution is -0.122. The lowest BCUT2D eigenvalue weighted by Gasteiger charge is -2.29. The predicted octanol–water partition coefficient (Wildman–Crippen LogP) is 5.00. The summed E-state index contributed by atoms with van der Waals surface area (Å²) in [5.41, 5.74) is 4.13. The number of hydrogen-bond acceptors (Lipinski definition) is 4. The molecule has 3 aromatic carbocycles. The van der Waals surface area contributed by atoms with Gasteiger partial charge in [0.25, 0.3) is 0 Å². The lowest BCUT2D eigenvalue weighted by atomic mass is 10.0. The van der Waals surface area contributed by atoms with Crippen molar-refractivity contribution in [2.24, 2.45) is 0 Å². The van der Waals surface area contributed by atoms with Crippen molar-refractivity contribution >= 4 is 21.6 Å². The van der Waals surface area contributed by atoms with Crippen LogP contribution in [-0.2, 0) is 27.7 Å². The van der Waals surface area contributed by atoms with E-state index in [-0.39, 0.29) is 11.9 Å². The van der Waals surface area contributed by atoms with Crippen LogP contribution < -0.4 is 14.4 Å². The molecule has 4 rings (SSSR count). The fraction of sp³-hybridized carbons (Fsp3) is 0.296. The summed E-state index contributed by atoms with van der Waals surface area (Å²) in [7, 11) is -3.71. The van der Waals surface area contributed by atoms with Crippen molar-refractivity contribution in [1.82, 2.24) is 5.32 Å². The van der Waals surface area contributed by atoms with Crippen LogP contribution in [-0.4, -0.2) is 26.6 Å². The van der Waals surface area contributed by atoms with E-state index in [0.29, 0.717) is 17.2 Å². The van der Waals surface area contributed by atoms with Crippen molar-refractivity contribution in [3.63, 3.8) is 0 Å². The highest BCUT2D eigenvalue weighted by molar-refractivity contribution is 7.92. The van der Waals surface area contributed by atoms with E-state index >= 15 is 0 Å². The fourth-order valence-corrected chi connectivity index (χ4v) is 5.55. The van der Waals surface area contributed by atoms with E-state index in [4.69, 9.17) is 4.74 Å². The van der Waals surface area contributed by atoms with Crippen molar-refractivity contribution in [1.29, 1.82) is 0 Å². The van der Waals surface area contributed by atoms with E-state index in [2.05, 4.69) is 17.4 Å². The number of anilines is 1. The van der Waals surface area contributed by atoms with E-state index in [0.717, 1.165) is 35.4 Å². The quantitative estimate of drug-likeness (QED) is 0.494. The molecule has 0 heterocycles. The van der Waals surface area contributed by atoms with Gasteiger partial charge in [0, 0.05) is 0 Å². The molecule has 0 aliphatic heterocycles. The van der Waals surface area contributed by atoms with Gasteiger partial charge in [0.1, 0.15) is 17.5 Å². The zero-order valence-corrected chi connectivity index (χ0v) is 20.5. The van der Waals surface area contributed by atoms with E-state index < -0.39 is 16.1 Å². The number of fused-ring (bicyclic) bond motifs is 1. The summed E-state index contributed by atoms with van der Waals surface area (Å²) in [6, 6.07) is 21.2. The summed E-state index contributed by atoms with van der Waals surface area (Å²) in [5.74, 6) is 0.900. The van der Waals surface area contributed by atoms with Gasteiger partial charge in [-0.05, 0) is 86.2 Å². The molecule has 0 bridgehead atoms. The number of amides is 1. The Morgan fingerprint density at radius 1 is 0.912 bits per heavy atom. The van der Waals surface area contributed by atoms with Crippen molar-refractivity contribution in [2.75, 3.05) is 10.6 Å². The van der Waals surface area contributed by atoms with Crippen LogP contribution >= 0.6 is 0 Å². The Morgan fingerprint density at radius 2 is 1.56 bits per heavy atom. The second-order valence-electron chi connectivity index (χ2n) is 8.76. The molecular formula is C27H30N2O4S. The van der Waals surface area contributed by atoms with Crippen molar-refractivity contribution in [2.45, 2.75) is 45.2 Å². The van der Waals surface area contributed by atoms with Gasteiger partial charge in [-0.1, -0.05) is 36.4 Å². The molecule has 2 atom stereocenters. The molecule has 34 heavy (non-hydrogen) atoms. The molecule has 0 unspecified atom stereocenters. The molecule has 0 fully saturated rings. The number of para-hydroxylation sites is 1. The van der Waals surface area contributed by atoms with Crippen LogP contribution in [0.1, 0.15) is 43.0 Å². The zero-order valence-electron chi connectivity index (χ0n) is 19.7. The smallest absolute Gasteiger partial charge is 0.244 e. The molecule has 178 valence electrons. The highest BCUT2D eigenvalue weighted by atomic mass is 32.2. The minimum absolute atomic E-state index is 0.232. The highest BCUT2D eigenvalue weighted by Gasteiger charge is 2.30. The van der Waals surface area contributed by atoms with E-state index in [1.165, 1.54) is 11.1 Å². The number of nitrogens with zero attached hydrogens (tertiary/aromatic N) is 1. The number of carbonyl (C=O) groups excluding carboxylic acids is 1. The number of aryl methyl sites for hydroxylation is 2. The normalized spacial score (nSPS) is 14.7.